The van der Waals surface area contributed by atoms with Crippen molar-refractivity contribution in [1.82, 2.24) is 0 Å². The first-order chi connectivity index (χ1) is 12.4. The Kier molecular flexibility index (Phi) is 5.12. The molecule has 3 rings (SSSR count). The standard InChI is InChI=1S/C22H25NO3/c1-22(2,3)26-21(24)20-18(16-11-8-12-17(13-16)25-4)14-19(23-20)15-9-6-5-7-10-15/h5-13,18,20H,14H2,1-4H3/t18-,20+/m1/s1. The molecule has 2 aromatic carbocycles. The number of nitrogens with zero attached hydrogens (tertiary/aromatic N) is 1. The number of carbonyl (C=O) groups is 1. The van der Waals surface area contributed by atoms with Crippen molar-refractivity contribution in [2.45, 2.75) is 44.8 Å². The van der Waals surface area contributed by atoms with Crippen molar-refractivity contribution < 1.29 is 14.3 Å². The van der Waals surface area contributed by atoms with Gasteiger partial charge in [0.1, 0.15) is 11.4 Å². The molecule has 0 bridgehead atoms. The third kappa shape index (κ3) is 4.13. The van der Waals surface area contributed by atoms with Crippen LogP contribution in [0.1, 0.15) is 44.2 Å². The van der Waals surface area contributed by atoms with Gasteiger partial charge < -0.3 is 9.47 Å². The fourth-order valence-corrected chi connectivity index (χ4v) is 3.20. The number of hydrogen-bond donors (Lipinski definition) is 0. The average Bonchev–Trinajstić information content (AvgIpc) is 3.07. The van der Waals surface area contributed by atoms with Crippen molar-refractivity contribution in [2.24, 2.45) is 4.99 Å². The van der Waals surface area contributed by atoms with E-state index in [4.69, 9.17) is 14.5 Å². The van der Waals surface area contributed by atoms with Crippen LogP contribution in [0.2, 0.25) is 0 Å². The lowest BCUT2D eigenvalue weighted by atomic mass is 9.89. The van der Waals surface area contributed by atoms with E-state index in [-0.39, 0.29) is 11.9 Å². The summed E-state index contributed by atoms with van der Waals surface area (Å²) in [6.45, 7) is 5.63. The van der Waals surface area contributed by atoms with Crippen LogP contribution < -0.4 is 4.74 Å². The molecule has 1 aliphatic heterocycles. The van der Waals surface area contributed by atoms with Gasteiger partial charge in [-0.3, -0.25) is 4.99 Å². The van der Waals surface area contributed by atoms with Crippen LogP contribution in [-0.4, -0.2) is 30.4 Å². The lowest BCUT2D eigenvalue weighted by molar-refractivity contribution is -0.156. The second kappa shape index (κ2) is 7.32. The van der Waals surface area contributed by atoms with Gasteiger partial charge in [0, 0.05) is 11.6 Å². The number of aliphatic imine (C=N–C) groups is 1. The zero-order chi connectivity index (χ0) is 18.7. The first-order valence-corrected chi connectivity index (χ1v) is 8.86. The third-order valence-electron chi connectivity index (χ3n) is 4.37. The quantitative estimate of drug-likeness (QED) is 0.768. The zero-order valence-corrected chi connectivity index (χ0v) is 15.7. The summed E-state index contributed by atoms with van der Waals surface area (Å²) in [7, 11) is 1.64. The van der Waals surface area contributed by atoms with Gasteiger partial charge in [0.15, 0.2) is 6.04 Å². The van der Waals surface area contributed by atoms with Crippen molar-refractivity contribution in [3.05, 3.63) is 65.7 Å². The van der Waals surface area contributed by atoms with E-state index < -0.39 is 11.6 Å². The normalized spacial score (nSPS) is 19.8. The third-order valence-corrected chi connectivity index (χ3v) is 4.37. The van der Waals surface area contributed by atoms with E-state index in [0.717, 1.165) is 22.6 Å². The van der Waals surface area contributed by atoms with Gasteiger partial charge in [-0.25, -0.2) is 4.79 Å². The lowest BCUT2D eigenvalue weighted by Gasteiger charge is -2.24. The maximum absolute atomic E-state index is 12.8. The molecule has 0 unspecified atom stereocenters. The molecular weight excluding hydrogens is 326 g/mol. The van der Waals surface area contributed by atoms with Gasteiger partial charge in [-0.1, -0.05) is 42.5 Å². The molecular formula is C22H25NO3. The van der Waals surface area contributed by atoms with Gasteiger partial charge in [0.2, 0.25) is 0 Å². The number of benzene rings is 2. The van der Waals surface area contributed by atoms with Crippen LogP contribution in [0.5, 0.6) is 5.75 Å². The second-order valence-electron chi connectivity index (χ2n) is 7.51. The molecule has 26 heavy (non-hydrogen) atoms. The summed E-state index contributed by atoms with van der Waals surface area (Å²) in [6, 6.07) is 17.3. The summed E-state index contributed by atoms with van der Waals surface area (Å²) in [4.78, 5) is 17.6. The molecule has 2 aromatic rings. The molecule has 0 N–H and O–H groups in total. The molecule has 0 aliphatic carbocycles. The maximum atomic E-state index is 12.8. The molecule has 4 heteroatoms. The Labute approximate surface area is 154 Å². The van der Waals surface area contributed by atoms with Gasteiger partial charge >= 0.3 is 5.97 Å². The predicted octanol–water partition coefficient (Wildman–Crippen LogP) is 4.38. The number of methoxy groups -OCH3 is 1. The minimum Gasteiger partial charge on any atom is -0.497 e. The van der Waals surface area contributed by atoms with Gasteiger partial charge in [0.05, 0.1) is 7.11 Å². The molecule has 136 valence electrons. The minimum absolute atomic E-state index is 0.0600. The van der Waals surface area contributed by atoms with Crippen LogP contribution in [0, 0.1) is 0 Å². The number of ether oxygens (including phenoxy) is 2. The van der Waals surface area contributed by atoms with E-state index in [1.54, 1.807) is 7.11 Å². The Balaban J connectivity index is 1.95. The number of esters is 1. The van der Waals surface area contributed by atoms with Crippen LogP contribution in [0.3, 0.4) is 0 Å². The molecule has 0 aromatic heterocycles. The van der Waals surface area contributed by atoms with Crippen LogP contribution >= 0.6 is 0 Å². The van der Waals surface area contributed by atoms with E-state index in [2.05, 4.69) is 0 Å². The van der Waals surface area contributed by atoms with Gasteiger partial charge in [-0.05, 0) is 50.5 Å². The monoisotopic (exact) mass is 351 g/mol. The smallest absolute Gasteiger partial charge is 0.332 e. The van der Waals surface area contributed by atoms with Crippen LogP contribution in [0.15, 0.2) is 59.6 Å². The van der Waals surface area contributed by atoms with Crippen molar-refractivity contribution in [2.75, 3.05) is 7.11 Å². The number of rotatable bonds is 4. The summed E-state index contributed by atoms with van der Waals surface area (Å²) in [5.74, 6) is 0.435. The van der Waals surface area contributed by atoms with E-state index in [9.17, 15) is 4.79 Å². The highest BCUT2D eigenvalue weighted by molar-refractivity contribution is 6.04. The fraction of sp³-hybridized carbons (Fsp3) is 0.364. The summed E-state index contributed by atoms with van der Waals surface area (Å²) >= 11 is 0. The lowest BCUT2D eigenvalue weighted by Crippen LogP contribution is -2.32. The number of hydrogen-bond acceptors (Lipinski definition) is 4. The van der Waals surface area contributed by atoms with Gasteiger partial charge in [-0.15, -0.1) is 0 Å². The summed E-state index contributed by atoms with van der Waals surface area (Å²) in [6.07, 6.45) is 0.696. The van der Waals surface area contributed by atoms with E-state index in [1.807, 2.05) is 75.4 Å². The summed E-state index contributed by atoms with van der Waals surface area (Å²) < 4.78 is 11.0. The fourth-order valence-electron chi connectivity index (χ4n) is 3.20. The molecule has 0 saturated heterocycles. The molecule has 1 aliphatic rings. The van der Waals surface area contributed by atoms with Gasteiger partial charge in [0.25, 0.3) is 0 Å². The molecule has 0 radical (unpaired) electrons. The van der Waals surface area contributed by atoms with E-state index in [0.29, 0.717) is 6.42 Å². The zero-order valence-electron chi connectivity index (χ0n) is 15.7. The molecule has 0 amide bonds. The summed E-state index contributed by atoms with van der Waals surface area (Å²) in [5.41, 5.74) is 2.48. The Morgan fingerprint density at radius 3 is 2.46 bits per heavy atom. The van der Waals surface area contributed by atoms with Crippen molar-refractivity contribution in [1.29, 1.82) is 0 Å². The van der Waals surface area contributed by atoms with Crippen LogP contribution in [0.25, 0.3) is 0 Å². The molecule has 4 nitrogen and oxygen atoms in total. The highest BCUT2D eigenvalue weighted by Gasteiger charge is 2.38. The Morgan fingerprint density at radius 2 is 1.81 bits per heavy atom. The molecule has 1 heterocycles. The molecule has 0 fully saturated rings. The minimum atomic E-state index is -0.545. The largest absolute Gasteiger partial charge is 0.497 e. The second-order valence-corrected chi connectivity index (χ2v) is 7.51. The highest BCUT2D eigenvalue weighted by Crippen LogP contribution is 2.36. The Bertz CT molecular complexity index is 806. The first kappa shape index (κ1) is 18.2. The molecule has 0 saturated carbocycles. The van der Waals surface area contributed by atoms with Crippen LogP contribution in [0.4, 0.5) is 0 Å². The van der Waals surface area contributed by atoms with Crippen molar-refractivity contribution in [3.63, 3.8) is 0 Å². The van der Waals surface area contributed by atoms with Crippen molar-refractivity contribution in [3.8, 4) is 5.75 Å². The van der Waals surface area contributed by atoms with Crippen molar-refractivity contribution >= 4 is 11.7 Å². The average molecular weight is 351 g/mol. The van der Waals surface area contributed by atoms with Gasteiger partial charge in [-0.2, -0.15) is 0 Å². The topological polar surface area (TPSA) is 47.9 Å². The summed E-state index contributed by atoms with van der Waals surface area (Å²) in [5, 5.41) is 0. The van der Waals surface area contributed by atoms with E-state index >= 15 is 0 Å². The maximum Gasteiger partial charge on any atom is 0.332 e. The Hall–Kier alpha value is -2.62. The van der Waals surface area contributed by atoms with E-state index in [1.165, 1.54) is 0 Å². The Morgan fingerprint density at radius 1 is 1.08 bits per heavy atom. The first-order valence-electron chi connectivity index (χ1n) is 8.86. The highest BCUT2D eigenvalue weighted by atomic mass is 16.6. The number of carbonyl (C=O) groups excluding carboxylic acids is 1. The van der Waals surface area contributed by atoms with Crippen LogP contribution in [-0.2, 0) is 9.53 Å². The molecule has 0 spiro atoms. The molecule has 2 atom stereocenters. The predicted molar refractivity (Wildman–Crippen MR) is 103 cm³/mol. The SMILES string of the molecule is COc1cccc([C@H]2CC(c3ccccc3)=N[C@@H]2C(=O)OC(C)(C)C)c1.